The summed E-state index contributed by atoms with van der Waals surface area (Å²) in [6.07, 6.45) is 4.52. The normalized spacial score (nSPS) is 28.8. The van der Waals surface area contributed by atoms with Crippen LogP contribution in [0.2, 0.25) is 0 Å². The molecule has 1 aliphatic rings. The van der Waals surface area contributed by atoms with Crippen LogP contribution in [0.5, 0.6) is 0 Å². The number of alkyl halides is 1. The van der Waals surface area contributed by atoms with E-state index in [1.807, 2.05) is 6.92 Å². The van der Waals surface area contributed by atoms with Gasteiger partial charge in [0.1, 0.15) is 0 Å². The summed E-state index contributed by atoms with van der Waals surface area (Å²) in [5.74, 6) is 1.17. The smallest absolute Gasteiger partial charge is 0.306 e. The molecule has 0 N–H and O–H groups in total. The fraction of sp³-hybridized carbons (Fsp3) is 0.909. The average Bonchev–Trinajstić information content (AvgIpc) is 2.51. The molecule has 0 spiro atoms. The highest BCUT2D eigenvalue weighted by molar-refractivity contribution is 14.1. The number of hydrogen-bond acceptors (Lipinski definition) is 2. The maximum atomic E-state index is 11.3. The van der Waals surface area contributed by atoms with Gasteiger partial charge in [-0.1, -0.05) is 35.9 Å². The molecule has 0 heterocycles. The second kappa shape index (κ2) is 5.93. The van der Waals surface area contributed by atoms with Gasteiger partial charge in [0.2, 0.25) is 0 Å². The maximum absolute atomic E-state index is 11.3. The van der Waals surface area contributed by atoms with E-state index >= 15 is 0 Å². The first kappa shape index (κ1) is 12.3. The van der Waals surface area contributed by atoms with E-state index < -0.39 is 0 Å². The van der Waals surface area contributed by atoms with Gasteiger partial charge in [-0.2, -0.15) is 0 Å². The zero-order valence-electron chi connectivity index (χ0n) is 8.96. The standard InChI is InChI=1S/C11H19IO2/c1-3-14-11(13)7-8(2)9-5-4-6-10(9)12/h8-10H,3-7H2,1-2H3/t8-,9?,10?/m0/s1. The Labute approximate surface area is 99.9 Å². The molecule has 14 heavy (non-hydrogen) atoms. The lowest BCUT2D eigenvalue weighted by Gasteiger charge is -2.21. The number of carbonyl (C=O) groups excluding carboxylic acids is 1. The SMILES string of the molecule is CCOC(=O)C[C@H](C)C1CCCC1I. The quantitative estimate of drug-likeness (QED) is 0.453. The van der Waals surface area contributed by atoms with Crippen LogP contribution in [0.25, 0.3) is 0 Å². The zero-order chi connectivity index (χ0) is 10.6. The Morgan fingerprint density at radius 1 is 1.57 bits per heavy atom. The van der Waals surface area contributed by atoms with E-state index in [9.17, 15) is 4.79 Å². The van der Waals surface area contributed by atoms with Crippen molar-refractivity contribution in [2.75, 3.05) is 6.61 Å². The van der Waals surface area contributed by atoms with Gasteiger partial charge in [-0.3, -0.25) is 4.79 Å². The Balaban J connectivity index is 2.33. The third-order valence-electron chi connectivity index (χ3n) is 3.01. The number of esters is 1. The highest BCUT2D eigenvalue weighted by Gasteiger charge is 2.30. The number of rotatable bonds is 4. The van der Waals surface area contributed by atoms with E-state index in [1.54, 1.807) is 0 Å². The summed E-state index contributed by atoms with van der Waals surface area (Å²) in [7, 11) is 0. The monoisotopic (exact) mass is 310 g/mol. The molecule has 0 aromatic rings. The third kappa shape index (κ3) is 3.41. The molecule has 1 saturated carbocycles. The van der Waals surface area contributed by atoms with Crippen molar-refractivity contribution in [1.82, 2.24) is 0 Å². The van der Waals surface area contributed by atoms with Crippen LogP contribution in [0.4, 0.5) is 0 Å². The first-order chi connectivity index (χ1) is 6.65. The van der Waals surface area contributed by atoms with E-state index in [0.717, 1.165) is 9.84 Å². The lowest BCUT2D eigenvalue weighted by Crippen LogP contribution is -2.20. The summed E-state index contributed by atoms with van der Waals surface area (Å²) < 4.78 is 5.73. The van der Waals surface area contributed by atoms with Gasteiger partial charge < -0.3 is 4.74 Å². The Hall–Kier alpha value is 0.200. The summed E-state index contributed by atoms with van der Waals surface area (Å²) in [5, 5.41) is 0. The zero-order valence-corrected chi connectivity index (χ0v) is 11.1. The van der Waals surface area contributed by atoms with Gasteiger partial charge in [-0.05, 0) is 31.6 Å². The number of carbonyl (C=O) groups is 1. The second-order valence-electron chi connectivity index (χ2n) is 4.10. The summed E-state index contributed by atoms with van der Waals surface area (Å²) in [5.41, 5.74) is 0. The van der Waals surface area contributed by atoms with E-state index in [2.05, 4.69) is 29.5 Å². The Morgan fingerprint density at radius 2 is 2.29 bits per heavy atom. The summed E-state index contributed by atoms with van der Waals surface area (Å²) in [6, 6.07) is 0. The molecule has 2 nitrogen and oxygen atoms in total. The number of halogens is 1. The second-order valence-corrected chi connectivity index (χ2v) is 5.70. The van der Waals surface area contributed by atoms with Crippen LogP contribution in [-0.4, -0.2) is 16.5 Å². The van der Waals surface area contributed by atoms with Crippen molar-refractivity contribution in [2.24, 2.45) is 11.8 Å². The molecule has 82 valence electrons. The van der Waals surface area contributed by atoms with Crippen LogP contribution in [0, 0.1) is 11.8 Å². The Morgan fingerprint density at radius 3 is 2.79 bits per heavy atom. The van der Waals surface area contributed by atoms with Crippen molar-refractivity contribution in [2.45, 2.75) is 43.5 Å². The summed E-state index contributed by atoms with van der Waals surface area (Å²) in [4.78, 5) is 11.3. The fourth-order valence-electron chi connectivity index (χ4n) is 2.22. The van der Waals surface area contributed by atoms with Crippen LogP contribution in [0.15, 0.2) is 0 Å². The minimum absolute atomic E-state index is 0.0319. The number of ether oxygens (including phenoxy) is 1. The van der Waals surface area contributed by atoms with Crippen molar-refractivity contribution in [3.8, 4) is 0 Å². The summed E-state index contributed by atoms with van der Waals surface area (Å²) >= 11 is 2.53. The molecule has 0 aromatic heterocycles. The van der Waals surface area contributed by atoms with Crippen molar-refractivity contribution in [3.05, 3.63) is 0 Å². The predicted molar refractivity (Wildman–Crippen MR) is 65.6 cm³/mol. The predicted octanol–water partition coefficient (Wildman–Crippen LogP) is 3.18. The highest BCUT2D eigenvalue weighted by atomic mass is 127. The van der Waals surface area contributed by atoms with E-state index in [-0.39, 0.29) is 5.97 Å². The minimum atomic E-state index is -0.0319. The lowest BCUT2D eigenvalue weighted by atomic mass is 9.90. The summed E-state index contributed by atoms with van der Waals surface area (Å²) in [6.45, 7) is 4.54. The molecule has 0 amide bonds. The van der Waals surface area contributed by atoms with E-state index in [0.29, 0.717) is 18.9 Å². The van der Waals surface area contributed by atoms with Gasteiger partial charge in [0.15, 0.2) is 0 Å². The maximum Gasteiger partial charge on any atom is 0.306 e. The molecule has 0 saturated heterocycles. The Kier molecular flexibility index (Phi) is 5.20. The molecular weight excluding hydrogens is 291 g/mol. The largest absolute Gasteiger partial charge is 0.466 e. The van der Waals surface area contributed by atoms with Gasteiger partial charge in [-0.15, -0.1) is 0 Å². The van der Waals surface area contributed by atoms with Gasteiger partial charge in [-0.25, -0.2) is 0 Å². The van der Waals surface area contributed by atoms with Crippen molar-refractivity contribution in [1.29, 1.82) is 0 Å². The van der Waals surface area contributed by atoms with Crippen LogP contribution < -0.4 is 0 Å². The van der Waals surface area contributed by atoms with Crippen molar-refractivity contribution >= 4 is 28.6 Å². The fourth-order valence-corrected chi connectivity index (χ4v) is 3.73. The van der Waals surface area contributed by atoms with Crippen LogP contribution in [0.1, 0.15) is 39.5 Å². The van der Waals surface area contributed by atoms with Crippen LogP contribution in [-0.2, 0) is 9.53 Å². The van der Waals surface area contributed by atoms with Gasteiger partial charge in [0.25, 0.3) is 0 Å². The average molecular weight is 310 g/mol. The van der Waals surface area contributed by atoms with Crippen molar-refractivity contribution in [3.63, 3.8) is 0 Å². The molecule has 3 atom stereocenters. The molecule has 1 aliphatic carbocycles. The molecule has 2 unspecified atom stereocenters. The lowest BCUT2D eigenvalue weighted by molar-refractivity contribution is -0.144. The highest BCUT2D eigenvalue weighted by Crippen LogP contribution is 2.38. The van der Waals surface area contributed by atoms with Crippen LogP contribution in [0.3, 0.4) is 0 Å². The van der Waals surface area contributed by atoms with Crippen LogP contribution >= 0.6 is 22.6 Å². The van der Waals surface area contributed by atoms with Gasteiger partial charge in [0.05, 0.1) is 6.61 Å². The Bertz CT molecular complexity index is 194. The molecule has 1 rings (SSSR count). The third-order valence-corrected chi connectivity index (χ3v) is 4.55. The molecule has 0 aromatic carbocycles. The topological polar surface area (TPSA) is 26.3 Å². The first-order valence-corrected chi connectivity index (χ1v) is 6.69. The van der Waals surface area contributed by atoms with Gasteiger partial charge >= 0.3 is 5.97 Å². The van der Waals surface area contributed by atoms with Gasteiger partial charge in [0, 0.05) is 10.3 Å². The van der Waals surface area contributed by atoms with E-state index in [4.69, 9.17) is 4.74 Å². The molecule has 1 fully saturated rings. The number of hydrogen-bond donors (Lipinski definition) is 0. The molecule has 3 heteroatoms. The van der Waals surface area contributed by atoms with E-state index in [1.165, 1.54) is 19.3 Å². The molecular formula is C11H19IO2. The molecule has 0 radical (unpaired) electrons. The molecule has 0 aliphatic heterocycles. The van der Waals surface area contributed by atoms with Crippen molar-refractivity contribution < 1.29 is 9.53 Å². The minimum Gasteiger partial charge on any atom is -0.466 e. The first-order valence-electron chi connectivity index (χ1n) is 5.44. The molecule has 0 bridgehead atoms.